The average molecular weight is 326 g/mol. The fourth-order valence-electron chi connectivity index (χ4n) is 2.13. The molecule has 6 heteroatoms. The second-order valence-corrected chi connectivity index (χ2v) is 5.14. The highest BCUT2D eigenvalue weighted by Crippen LogP contribution is 2.15. The van der Waals surface area contributed by atoms with Crippen LogP contribution >= 0.6 is 0 Å². The summed E-state index contributed by atoms with van der Waals surface area (Å²) >= 11 is 0. The van der Waals surface area contributed by atoms with Gasteiger partial charge in [0.05, 0.1) is 12.1 Å². The minimum Gasteiger partial charge on any atom is -0.452 e. The van der Waals surface area contributed by atoms with Crippen LogP contribution in [0, 0.1) is 0 Å². The molecule has 0 saturated heterocycles. The molecule has 0 radical (unpaired) electrons. The SMILES string of the molecule is NC(=O)CNC(=O)COC(=O)c1ccccc1Cc1ccccc1. The summed E-state index contributed by atoms with van der Waals surface area (Å²) in [5.41, 5.74) is 7.20. The Balaban J connectivity index is 1.99. The number of nitrogens with two attached hydrogens (primary N) is 1. The number of benzene rings is 2. The Morgan fingerprint density at radius 1 is 0.958 bits per heavy atom. The minimum atomic E-state index is -0.664. The predicted molar refractivity (Wildman–Crippen MR) is 88.2 cm³/mol. The molecule has 2 aromatic carbocycles. The lowest BCUT2D eigenvalue weighted by Gasteiger charge is -2.10. The first-order chi connectivity index (χ1) is 11.6. The number of rotatable bonds is 7. The Bertz CT molecular complexity index is 729. The highest BCUT2D eigenvalue weighted by molar-refractivity contribution is 5.93. The predicted octanol–water partition coefficient (Wildman–Crippen LogP) is 1.04. The van der Waals surface area contributed by atoms with Crippen LogP contribution in [0.15, 0.2) is 54.6 Å². The maximum Gasteiger partial charge on any atom is 0.338 e. The van der Waals surface area contributed by atoms with Crippen LogP contribution in [0.3, 0.4) is 0 Å². The van der Waals surface area contributed by atoms with Crippen LogP contribution in [0.25, 0.3) is 0 Å². The molecule has 24 heavy (non-hydrogen) atoms. The summed E-state index contributed by atoms with van der Waals surface area (Å²) < 4.78 is 5.00. The van der Waals surface area contributed by atoms with E-state index in [1.165, 1.54) is 0 Å². The Morgan fingerprint density at radius 2 is 1.62 bits per heavy atom. The highest BCUT2D eigenvalue weighted by atomic mass is 16.5. The van der Waals surface area contributed by atoms with Gasteiger partial charge in [0.15, 0.2) is 6.61 Å². The van der Waals surface area contributed by atoms with E-state index in [1.54, 1.807) is 12.1 Å². The topological polar surface area (TPSA) is 98.5 Å². The van der Waals surface area contributed by atoms with Gasteiger partial charge < -0.3 is 15.8 Å². The number of ether oxygens (including phenoxy) is 1. The average Bonchev–Trinajstić information content (AvgIpc) is 2.59. The molecule has 0 bridgehead atoms. The monoisotopic (exact) mass is 326 g/mol. The van der Waals surface area contributed by atoms with E-state index in [4.69, 9.17) is 10.5 Å². The summed E-state index contributed by atoms with van der Waals surface area (Å²) in [6.45, 7) is -0.757. The van der Waals surface area contributed by atoms with Crippen LogP contribution in [-0.2, 0) is 20.7 Å². The van der Waals surface area contributed by atoms with Gasteiger partial charge in [-0.05, 0) is 23.6 Å². The van der Waals surface area contributed by atoms with E-state index in [9.17, 15) is 14.4 Å². The molecule has 0 fully saturated rings. The molecule has 0 aromatic heterocycles. The van der Waals surface area contributed by atoms with Crippen LogP contribution in [0.5, 0.6) is 0 Å². The van der Waals surface area contributed by atoms with Crippen LogP contribution < -0.4 is 11.1 Å². The fraction of sp³-hybridized carbons (Fsp3) is 0.167. The van der Waals surface area contributed by atoms with Crippen molar-refractivity contribution >= 4 is 17.8 Å². The van der Waals surface area contributed by atoms with E-state index in [-0.39, 0.29) is 6.54 Å². The van der Waals surface area contributed by atoms with E-state index < -0.39 is 24.4 Å². The van der Waals surface area contributed by atoms with Crippen LogP contribution in [0.1, 0.15) is 21.5 Å². The zero-order valence-electron chi connectivity index (χ0n) is 13.0. The van der Waals surface area contributed by atoms with Crippen molar-refractivity contribution in [2.24, 2.45) is 5.73 Å². The third-order valence-electron chi connectivity index (χ3n) is 3.27. The van der Waals surface area contributed by atoms with Crippen LogP contribution in [0.2, 0.25) is 0 Å². The molecule has 0 heterocycles. The van der Waals surface area contributed by atoms with Crippen molar-refractivity contribution in [3.8, 4) is 0 Å². The van der Waals surface area contributed by atoms with Gasteiger partial charge in [0.25, 0.3) is 5.91 Å². The van der Waals surface area contributed by atoms with Gasteiger partial charge in [-0.2, -0.15) is 0 Å². The van der Waals surface area contributed by atoms with E-state index in [0.717, 1.165) is 11.1 Å². The van der Waals surface area contributed by atoms with E-state index in [1.807, 2.05) is 42.5 Å². The molecule has 0 aliphatic carbocycles. The molecule has 0 spiro atoms. The molecule has 0 unspecified atom stereocenters. The maximum absolute atomic E-state index is 12.2. The second-order valence-electron chi connectivity index (χ2n) is 5.14. The molecule has 2 rings (SSSR count). The van der Waals surface area contributed by atoms with Gasteiger partial charge in [0.1, 0.15) is 0 Å². The van der Waals surface area contributed by atoms with Gasteiger partial charge in [0, 0.05) is 0 Å². The smallest absolute Gasteiger partial charge is 0.338 e. The van der Waals surface area contributed by atoms with Crippen molar-refractivity contribution < 1.29 is 19.1 Å². The zero-order chi connectivity index (χ0) is 17.4. The summed E-state index contributed by atoms with van der Waals surface area (Å²) in [5, 5.41) is 2.25. The lowest BCUT2D eigenvalue weighted by molar-refractivity contribution is -0.127. The summed E-state index contributed by atoms with van der Waals surface area (Å²) in [6.07, 6.45) is 0.583. The molecule has 0 saturated carbocycles. The number of hydrogen-bond acceptors (Lipinski definition) is 4. The first kappa shape index (κ1) is 17.2. The number of amides is 2. The third-order valence-corrected chi connectivity index (χ3v) is 3.27. The van der Waals surface area contributed by atoms with Gasteiger partial charge >= 0.3 is 5.97 Å². The molecule has 2 amide bonds. The van der Waals surface area contributed by atoms with Crippen molar-refractivity contribution in [1.82, 2.24) is 5.32 Å². The Hall–Kier alpha value is -3.15. The Morgan fingerprint density at radius 3 is 2.33 bits per heavy atom. The minimum absolute atomic E-state index is 0.291. The van der Waals surface area contributed by atoms with Gasteiger partial charge in [-0.15, -0.1) is 0 Å². The van der Waals surface area contributed by atoms with Crippen LogP contribution in [-0.4, -0.2) is 30.9 Å². The maximum atomic E-state index is 12.2. The first-order valence-electron chi connectivity index (χ1n) is 7.40. The molecule has 6 nitrogen and oxygen atoms in total. The van der Waals surface area contributed by atoms with Gasteiger partial charge in [-0.3, -0.25) is 9.59 Å². The van der Waals surface area contributed by atoms with Crippen molar-refractivity contribution in [2.75, 3.05) is 13.2 Å². The Kier molecular flexibility index (Phi) is 6.08. The van der Waals surface area contributed by atoms with Gasteiger partial charge in [0.2, 0.25) is 5.91 Å². The largest absolute Gasteiger partial charge is 0.452 e. The van der Waals surface area contributed by atoms with Gasteiger partial charge in [-0.1, -0.05) is 48.5 Å². The standard InChI is InChI=1S/C18H18N2O4/c19-16(21)11-20-17(22)12-24-18(23)15-9-5-4-8-14(15)10-13-6-2-1-3-7-13/h1-9H,10-12H2,(H2,19,21)(H,20,22). The molecule has 0 atom stereocenters. The number of primary amides is 1. The van der Waals surface area contributed by atoms with Crippen molar-refractivity contribution in [2.45, 2.75) is 6.42 Å². The van der Waals surface area contributed by atoms with Gasteiger partial charge in [-0.25, -0.2) is 4.79 Å². The quantitative estimate of drug-likeness (QED) is 0.743. The van der Waals surface area contributed by atoms with E-state index >= 15 is 0 Å². The molecule has 0 aliphatic heterocycles. The lowest BCUT2D eigenvalue weighted by Crippen LogP contribution is -2.36. The fourth-order valence-corrected chi connectivity index (χ4v) is 2.13. The van der Waals surface area contributed by atoms with Crippen molar-refractivity contribution in [3.63, 3.8) is 0 Å². The molecule has 124 valence electrons. The second kappa shape index (κ2) is 8.47. The van der Waals surface area contributed by atoms with Crippen molar-refractivity contribution in [1.29, 1.82) is 0 Å². The first-order valence-corrected chi connectivity index (χ1v) is 7.40. The third kappa shape index (κ3) is 5.24. The molecule has 0 aliphatic rings. The number of nitrogens with one attached hydrogen (secondary N) is 1. The highest BCUT2D eigenvalue weighted by Gasteiger charge is 2.14. The summed E-state index contributed by atoms with van der Waals surface area (Å²) in [7, 11) is 0. The number of carbonyl (C=O) groups is 3. The van der Waals surface area contributed by atoms with E-state index in [2.05, 4.69) is 5.32 Å². The number of hydrogen-bond donors (Lipinski definition) is 2. The zero-order valence-corrected chi connectivity index (χ0v) is 13.0. The normalized spacial score (nSPS) is 10.0. The molecular weight excluding hydrogens is 308 g/mol. The molecule has 2 aromatic rings. The summed E-state index contributed by atoms with van der Waals surface area (Å²) in [4.78, 5) is 34.2. The van der Waals surface area contributed by atoms with Crippen LogP contribution in [0.4, 0.5) is 0 Å². The lowest BCUT2D eigenvalue weighted by atomic mass is 10.00. The summed E-state index contributed by atoms with van der Waals surface area (Å²) in [5.74, 6) is -1.83. The molecule has 3 N–H and O–H groups in total. The van der Waals surface area contributed by atoms with E-state index in [0.29, 0.717) is 12.0 Å². The molecular formula is C18H18N2O4. The number of esters is 1. The Labute approximate surface area is 139 Å². The number of carbonyl (C=O) groups excluding carboxylic acids is 3. The van der Waals surface area contributed by atoms with Crippen molar-refractivity contribution in [3.05, 3.63) is 71.3 Å². The summed E-state index contributed by atoms with van der Waals surface area (Å²) in [6, 6.07) is 16.8.